The molecule has 0 unspecified atom stereocenters. The van der Waals surface area contributed by atoms with Gasteiger partial charge in [0.25, 0.3) is 11.8 Å². The number of halogens is 1. The standard InChI is InChI=1S/C29H25ClN4O5/c1-18-23(28(36)33(29(37)24(18)16-31)12-7-13-39-19(2)35)14-21-17-34(22-8-5-4-6-9-22)32-27(21)20-10-11-26(38-3)25(30)15-20/h4-6,8-11,14-15,17H,7,12-13H2,1-3H3/b23-14+. The third kappa shape index (κ3) is 5.76. The van der Waals surface area contributed by atoms with E-state index in [4.69, 9.17) is 26.2 Å². The summed E-state index contributed by atoms with van der Waals surface area (Å²) in [6.45, 7) is 2.89. The first kappa shape index (κ1) is 27.4. The van der Waals surface area contributed by atoms with E-state index in [2.05, 4.69) is 0 Å². The third-order valence-electron chi connectivity index (χ3n) is 6.15. The van der Waals surface area contributed by atoms with Gasteiger partial charge in [0.05, 0.1) is 24.4 Å². The number of hydrogen-bond acceptors (Lipinski definition) is 7. The minimum Gasteiger partial charge on any atom is -0.495 e. The predicted octanol–water partition coefficient (Wildman–Crippen LogP) is 4.75. The van der Waals surface area contributed by atoms with Crippen molar-refractivity contribution >= 4 is 35.5 Å². The molecule has 9 nitrogen and oxygen atoms in total. The number of hydrogen-bond donors (Lipinski definition) is 0. The molecule has 0 atom stereocenters. The van der Waals surface area contributed by atoms with Crippen molar-refractivity contribution in [3.8, 4) is 28.8 Å². The average molecular weight is 545 g/mol. The molecule has 2 heterocycles. The summed E-state index contributed by atoms with van der Waals surface area (Å²) in [5.41, 5.74) is 2.93. The van der Waals surface area contributed by atoms with Gasteiger partial charge >= 0.3 is 5.97 Å². The number of benzene rings is 2. The van der Waals surface area contributed by atoms with Crippen molar-refractivity contribution in [1.29, 1.82) is 5.26 Å². The number of aromatic nitrogens is 2. The maximum atomic E-state index is 13.5. The average Bonchev–Trinajstić information content (AvgIpc) is 3.35. The summed E-state index contributed by atoms with van der Waals surface area (Å²) in [5.74, 6) is -1.18. The highest BCUT2D eigenvalue weighted by atomic mass is 35.5. The fourth-order valence-corrected chi connectivity index (χ4v) is 4.43. The lowest BCUT2D eigenvalue weighted by molar-refractivity contribution is -0.141. The van der Waals surface area contributed by atoms with Crippen LogP contribution in [0.2, 0.25) is 5.02 Å². The molecule has 3 aromatic rings. The summed E-state index contributed by atoms with van der Waals surface area (Å²) < 4.78 is 11.9. The largest absolute Gasteiger partial charge is 0.495 e. The molecule has 1 aliphatic rings. The molecular weight excluding hydrogens is 520 g/mol. The lowest BCUT2D eigenvalue weighted by Crippen LogP contribution is -2.43. The summed E-state index contributed by atoms with van der Waals surface area (Å²) in [6, 6.07) is 16.6. The Kier molecular flexibility index (Phi) is 8.27. The van der Waals surface area contributed by atoms with E-state index in [1.807, 2.05) is 36.4 Å². The monoisotopic (exact) mass is 544 g/mol. The number of nitrogens with zero attached hydrogens (tertiary/aromatic N) is 4. The number of ether oxygens (including phenoxy) is 2. The number of nitriles is 1. The molecule has 0 N–H and O–H groups in total. The van der Waals surface area contributed by atoms with Crippen molar-refractivity contribution in [3.63, 3.8) is 0 Å². The Labute approximate surface area is 230 Å². The Morgan fingerprint density at radius 1 is 1.15 bits per heavy atom. The minimum atomic E-state index is -0.679. The Morgan fingerprint density at radius 3 is 2.54 bits per heavy atom. The van der Waals surface area contributed by atoms with E-state index in [1.165, 1.54) is 14.0 Å². The van der Waals surface area contributed by atoms with Gasteiger partial charge in [0.1, 0.15) is 23.1 Å². The molecular formula is C29H25ClN4O5. The van der Waals surface area contributed by atoms with Crippen LogP contribution in [0.1, 0.15) is 25.8 Å². The number of carbonyl (C=O) groups excluding carboxylic acids is 3. The smallest absolute Gasteiger partial charge is 0.302 e. The lowest BCUT2D eigenvalue weighted by atomic mass is 9.93. The van der Waals surface area contributed by atoms with Gasteiger partial charge in [0.15, 0.2) is 0 Å². The van der Waals surface area contributed by atoms with Crippen LogP contribution in [0.4, 0.5) is 0 Å². The summed E-state index contributed by atoms with van der Waals surface area (Å²) >= 11 is 6.40. The minimum absolute atomic E-state index is 0.00896. The first-order valence-corrected chi connectivity index (χ1v) is 12.4. The molecule has 0 fully saturated rings. The van der Waals surface area contributed by atoms with Gasteiger partial charge in [-0.05, 0) is 55.3 Å². The van der Waals surface area contributed by atoms with Crippen LogP contribution in [-0.2, 0) is 19.1 Å². The molecule has 0 spiro atoms. The summed E-state index contributed by atoms with van der Waals surface area (Å²) in [7, 11) is 1.52. The molecule has 198 valence electrons. The van der Waals surface area contributed by atoms with Crippen LogP contribution in [0, 0.1) is 11.3 Å². The van der Waals surface area contributed by atoms with E-state index in [-0.39, 0.29) is 36.3 Å². The molecule has 39 heavy (non-hydrogen) atoms. The molecule has 10 heteroatoms. The molecule has 0 saturated heterocycles. The normalized spacial score (nSPS) is 14.5. The number of imide groups is 1. The zero-order valence-corrected chi connectivity index (χ0v) is 22.4. The second-order valence-corrected chi connectivity index (χ2v) is 9.10. The first-order valence-electron chi connectivity index (χ1n) is 12.1. The van der Waals surface area contributed by atoms with Crippen LogP contribution >= 0.6 is 11.6 Å². The third-order valence-corrected chi connectivity index (χ3v) is 6.44. The van der Waals surface area contributed by atoms with E-state index in [9.17, 15) is 19.6 Å². The fraction of sp³-hybridized carbons (Fsp3) is 0.207. The van der Waals surface area contributed by atoms with Gasteiger partial charge in [-0.3, -0.25) is 19.3 Å². The van der Waals surface area contributed by atoms with Crippen molar-refractivity contribution in [2.45, 2.75) is 20.3 Å². The zero-order chi connectivity index (χ0) is 28.1. The molecule has 0 bridgehead atoms. The Morgan fingerprint density at radius 2 is 1.90 bits per heavy atom. The van der Waals surface area contributed by atoms with E-state index < -0.39 is 17.8 Å². The van der Waals surface area contributed by atoms with Crippen LogP contribution in [-0.4, -0.2) is 52.7 Å². The van der Waals surface area contributed by atoms with Crippen LogP contribution in [0.25, 0.3) is 23.0 Å². The predicted molar refractivity (Wildman–Crippen MR) is 145 cm³/mol. The Balaban J connectivity index is 1.82. The van der Waals surface area contributed by atoms with Crippen molar-refractivity contribution < 1.29 is 23.9 Å². The van der Waals surface area contributed by atoms with Gasteiger partial charge in [-0.15, -0.1) is 0 Å². The van der Waals surface area contributed by atoms with Crippen LogP contribution in [0.5, 0.6) is 5.75 Å². The van der Waals surface area contributed by atoms with Crippen molar-refractivity contribution in [1.82, 2.24) is 14.7 Å². The molecule has 1 aliphatic heterocycles. The fourth-order valence-electron chi connectivity index (χ4n) is 4.17. The molecule has 0 aliphatic carbocycles. The van der Waals surface area contributed by atoms with Crippen LogP contribution in [0.15, 0.2) is 71.4 Å². The summed E-state index contributed by atoms with van der Waals surface area (Å²) in [6.07, 6.45) is 3.63. The van der Waals surface area contributed by atoms with Gasteiger partial charge in [-0.1, -0.05) is 29.8 Å². The molecule has 2 amide bonds. The number of carbonyl (C=O) groups is 3. The molecule has 1 aromatic heterocycles. The van der Waals surface area contributed by atoms with Gasteiger partial charge in [0, 0.05) is 36.4 Å². The summed E-state index contributed by atoms with van der Waals surface area (Å²) in [4.78, 5) is 38.5. The van der Waals surface area contributed by atoms with E-state index in [0.717, 1.165) is 10.6 Å². The second-order valence-electron chi connectivity index (χ2n) is 8.69. The number of methoxy groups -OCH3 is 1. The van der Waals surface area contributed by atoms with Gasteiger partial charge in [0.2, 0.25) is 0 Å². The number of amides is 2. The highest BCUT2D eigenvalue weighted by Crippen LogP contribution is 2.34. The van der Waals surface area contributed by atoms with Crippen molar-refractivity contribution in [2.75, 3.05) is 20.3 Å². The van der Waals surface area contributed by atoms with E-state index in [0.29, 0.717) is 27.6 Å². The van der Waals surface area contributed by atoms with Crippen LogP contribution < -0.4 is 4.74 Å². The second kappa shape index (κ2) is 11.8. The van der Waals surface area contributed by atoms with Crippen molar-refractivity contribution in [3.05, 3.63) is 82.0 Å². The lowest BCUT2D eigenvalue weighted by Gasteiger charge is -2.27. The Bertz CT molecular complexity index is 1550. The van der Waals surface area contributed by atoms with E-state index >= 15 is 0 Å². The molecule has 2 aromatic carbocycles. The van der Waals surface area contributed by atoms with Crippen LogP contribution in [0.3, 0.4) is 0 Å². The SMILES string of the molecule is COc1ccc(-c2nn(-c3ccccc3)cc2/C=C2/C(=O)N(CCCOC(C)=O)C(=O)C(C#N)=C2C)cc1Cl. The number of para-hydroxylation sites is 1. The van der Waals surface area contributed by atoms with Gasteiger partial charge < -0.3 is 9.47 Å². The molecule has 4 rings (SSSR count). The maximum absolute atomic E-state index is 13.5. The highest BCUT2D eigenvalue weighted by Gasteiger charge is 2.35. The van der Waals surface area contributed by atoms with Crippen molar-refractivity contribution in [2.24, 2.45) is 0 Å². The maximum Gasteiger partial charge on any atom is 0.302 e. The van der Waals surface area contributed by atoms with Gasteiger partial charge in [-0.25, -0.2) is 4.68 Å². The molecule has 0 saturated carbocycles. The Hall–Kier alpha value is -4.68. The topological polar surface area (TPSA) is 115 Å². The molecule has 0 radical (unpaired) electrons. The zero-order valence-electron chi connectivity index (χ0n) is 21.6. The van der Waals surface area contributed by atoms with E-state index in [1.54, 1.807) is 42.1 Å². The highest BCUT2D eigenvalue weighted by molar-refractivity contribution is 6.32. The quantitative estimate of drug-likeness (QED) is 0.174. The number of rotatable bonds is 8. The summed E-state index contributed by atoms with van der Waals surface area (Å²) in [5, 5.41) is 14.9. The first-order chi connectivity index (χ1) is 18.7. The van der Waals surface area contributed by atoms with Gasteiger partial charge in [-0.2, -0.15) is 10.4 Å². The number of esters is 1.